The third kappa shape index (κ3) is 3.59. The number of amides is 1. The van der Waals surface area contributed by atoms with Gasteiger partial charge in [-0.2, -0.15) is 0 Å². The molecule has 0 radical (unpaired) electrons. The number of nitrogens with zero attached hydrogens (tertiary/aromatic N) is 1. The topological polar surface area (TPSA) is 102 Å². The molecular weight excluding hydrogens is 252 g/mol. The maximum Gasteiger partial charge on any atom is 0.317 e. The molecule has 102 valence electrons. The molecule has 19 heavy (non-hydrogen) atoms. The first kappa shape index (κ1) is 13.2. The molecule has 3 N–H and O–H groups in total. The summed E-state index contributed by atoms with van der Waals surface area (Å²) in [5, 5.41) is 8.79. The number of carboxylic acid groups (broad SMARTS) is 1. The number of benzene rings is 1. The van der Waals surface area contributed by atoms with E-state index in [1.165, 1.54) is 4.90 Å². The number of hydrogen-bond acceptors (Lipinski definition) is 5. The summed E-state index contributed by atoms with van der Waals surface area (Å²) in [5.74, 6) is -0.306. The molecule has 0 saturated heterocycles. The molecule has 1 aliphatic rings. The SMILES string of the molecule is NC(=O)CN(CC(=O)O)Cc1ccc2c(c1)OCO2. The molecule has 1 heterocycles. The zero-order chi connectivity index (χ0) is 13.8. The van der Waals surface area contributed by atoms with Gasteiger partial charge in [-0.05, 0) is 17.7 Å². The highest BCUT2D eigenvalue weighted by Crippen LogP contribution is 2.32. The lowest BCUT2D eigenvalue weighted by Crippen LogP contribution is -2.36. The standard InChI is InChI=1S/C12H14N2O5/c13-11(15)5-14(6-12(16)17)4-8-1-2-9-10(3-8)19-7-18-9/h1-3H,4-7H2,(H2,13,15)(H,16,17). The van der Waals surface area contributed by atoms with Gasteiger partial charge in [0.1, 0.15) is 0 Å². The number of aliphatic carboxylic acids is 1. The molecule has 0 spiro atoms. The second-order valence-electron chi connectivity index (χ2n) is 4.19. The zero-order valence-corrected chi connectivity index (χ0v) is 10.2. The lowest BCUT2D eigenvalue weighted by Gasteiger charge is -2.18. The van der Waals surface area contributed by atoms with Gasteiger partial charge in [0.15, 0.2) is 11.5 Å². The van der Waals surface area contributed by atoms with Gasteiger partial charge in [-0.25, -0.2) is 0 Å². The molecule has 0 bridgehead atoms. The molecule has 1 amide bonds. The first-order chi connectivity index (χ1) is 9.04. The molecule has 7 nitrogen and oxygen atoms in total. The van der Waals surface area contributed by atoms with Crippen molar-refractivity contribution in [2.75, 3.05) is 19.9 Å². The summed E-state index contributed by atoms with van der Waals surface area (Å²) in [6, 6.07) is 5.31. The Labute approximate surface area is 109 Å². The summed E-state index contributed by atoms with van der Waals surface area (Å²) >= 11 is 0. The maximum absolute atomic E-state index is 10.9. The molecule has 1 aliphatic heterocycles. The summed E-state index contributed by atoms with van der Waals surface area (Å²) in [7, 11) is 0. The van der Waals surface area contributed by atoms with E-state index >= 15 is 0 Å². The number of fused-ring (bicyclic) bond motifs is 1. The van der Waals surface area contributed by atoms with Crippen LogP contribution in [0.5, 0.6) is 11.5 Å². The van der Waals surface area contributed by atoms with Crippen LogP contribution in [0.15, 0.2) is 18.2 Å². The van der Waals surface area contributed by atoms with E-state index in [1.54, 1.807) is 18.2 Å². The summed E-state index contributed by atoms with van der Waals surface area (Å²) in [6.07, 6.45) is 0. The van der Waals surface area contributed by atoms with E-state index in [4.69, 9.17) is 20.3 Å². The monoisotopic (exact) mass is 266 g/mol. The van der Waals surface area contributed by atoms with Crippen molar-refractivity contribution >= 4 is 11.9 Å². The number of nitrogens with two attached hydrogens (primary N) is 1. The number of ether oxygens (including phenoxy) is 2. The Balaban J connectivity index is 2.07. The molecule has 0 fully saturated rings. The number of primary amides is 1. The van der Waals surface area contributed by atoms with Gasteiger partial charge < -0.3 is 20.3 Å². The van der Waals surface area contributed by atoms with E-state index in [1.807, 2.05) is 0 Å². The van der Waals surface area contributed by atoms with E-state index in [9.17, 15) is 9.59 Å². The molecule has 2 rings (SSSR count). The fourth-order valence-electron chi connectivity index (χ4n) is 1.88. The van der Waals surface area contributed by atoms with Gasteiger partial charge in [-0.15, -0.1) is 0 Å². The van der Waals surface area contributed by atoms with Gasteiger partial charge in [0.2, 0.25) is 12.7 Å². The predicted octanol–water partition coefficient (Wildman–Crippen LogP) is -0.213. The summed E-state index contributed by atoms with van der Waals surface area (Å²) in [6.45, 7) is 0.114. The number of carbonyl (C=O) groups excluding carboxylic acids is 1. The van der Waals surface area contributed by atoms with Crippen LogP contribution in [0.25, 0.3) is 0 Å². The van der Waals surface area contributed by atoms with Gasteiger partial charge >= 0.3 is 5.97 Å². The maximum atomic E-state index is 10.9. The third-order valence-electron chi connectivity index (χ3n) is 2.58. The van der Waals surface area contributed by atoms with Crippen LogP contribution < -0.4 is 15.2 Å². The van der Waals surface area contributed by atoms with E-state index < -0.39 is 11.9 Å². The van der Waals surface area contributed by atoms with Crippen LogP contribution in [0.3, 0.4) is 0 Å². The summed E-state index contributed by atoms with van der Waals surface area (Å²) in [4.78, 5) is 23.1. The Morgan fingerprint density at radius 2 is 2.00 bits per heavy atom. The second-order valence-corrected chi connectivity index (χ2v) is 4.19. The Morgan fingerprint density at radius 3 is 2.68 bits per heavy atom. The Bertz CT molecular complexity index is 487. The average Bonchev–Trinajstić information content (AvgIpc) is 2.74. The first-order valence-electron chi connectivity index (χ1n) is 5.65. The van der Waals surface area contributed by atoms with Crippen molar-refractivity contribution in [3.8, 4) is 11.5 Å². The first-order valence-corrected chi connectivity index (χ1v) is 5.65. The van der Waals surface area contributed by atoms with Gasteiger partial charge in [0.25, 0.3) is 0 Å². The lowest BCUT2D eigenvalue weighted by molar-refractivity contribution is -0.138. The van der Waals surface area contributed by atoms with Gasteiger partial charge in [0, 0.05) is 6.54 Å². The van der Waals surface area contributed by atoms with Crippen LogP contribution in [0.1, 0.15) is 5.56 Å². The van der Waals surface area contributed by atoms with Crippen molar-refractivity contribution in [2.45, 2.75) is 6.54 Å². The minimum absolute atomic E-state index is 0.110. The Hall–Kier alpha value is -2.28. The molecule has 7 heteroatoms. The fourth-order valence-corrected chi connectivity index (χ4v) is 1.88. The minimum Gasteiger partial charge on any atom is -0.480 e. The number of carbonyl (C=O) groups is 2. The van der Waals surface area contributed by atoms with Crippen molar-refractivity contribution in [3.05, 3.63) is 23.8 Å². The van der Waals surface area contributed by atoms with Crippen LogP contribution in [0.4, 0.5) is 0 Å². The fraction of sp³-hybridized carbons (Fsp3) is 0.333. The zero-order valence-electron chi connectivity index (χ0n) is 10.2. The number of hydrogen-bond donors (Lipinski definition) is 2. The average molecular weight is 266 g/mol. The molecule has 0 saturated carbocycles. The highest BCUT2D eigenvalue weighted by molar-refractivity contribution is 5.77. The van der Waals surface area contributed by atoms with Crippen LogP contribution in [-0.4, -0.2) is 41.8 Å². The summed E-state index contributed by atoms with van der Waals surface area (Å²) in [5.41, 5.74) is 5.92. The molecule has 1 aromatic carbocycles. The molecular formula is C12H14N2O5. The molecule has 0 unspecified atom stereocenters. The smallest absolute Gasteiger partial charge is 0.317 e. The largest absolute Gasteiger partial charge is 0.480 e. The van der Waals surface area contributed by atoms with Gasteiger partial charge in [0.05, 0.1) is 13.1 Å². The highest BCUT2D eigenvalue weighted by atomic mass is 16.7. The van der Waals surface area contributed by atoms with Crippen LogP contribution >= 0.6 is 0 Å². The molecule has 0 aromatic heterocycles. The minimum atomic E-state index is -1.01. The predicted molar refractivity (Wildman–Crippen MR) is 64.7 cm³/mol. The van der Waals surface area contributed by atoms with Crippen LogP contribution in [-0.2, 0) is 16.1 Å². The van der Waals surface area contributed by atoms with Crippen molar-refractivity contribution in [3.63, 3.8) is 0 Å². The summed E-state index contributed by atoms with van der Waals surface area (Å²) < 4.78 is 10.4. The quantitative estimate of drug-likeness (QED) is 0.738. The van der Waals surface area contributed by atoms with E-state index in [0.717, 1.165) is 5.56 Å². The van der Waals surface area contributed by atoms with Crippen LogP contribution in [0, 0.1) is 0 Å². The highest BCUT2D eigenvalue weighted by Gasteiger charge is 2.16. The Morgan fingerprint density at radius 1 is 1.26 bits per heavy atom. The molecule has 0 aliphatic carbocycles. The van der Waals surface area contributed by atoms with Crippen molar-refractivity contribution < 1.29 is 24.2 Å². The lowest BCUT2D eigenvalue weighted by atomic mass is 10.2. The van der Waals surface area contributed by atoms with Crippen molar-refractivity contribution in [1.82, 2.24) is 4.90 Å². The molecule has 1 aromatic rings. The number of carboxylic acids is 1. The van der Waals surface area contributed by atoms with Crippen LogP contribution in [0.2, 0.25) is 0 Å². The van der Waals surface area contributed by atoms with Gasteiger partial charge in [-0.1, -0.05) is 6.07 Å². The second kappa shape index (κ2) is 5.57. The van der Waals surface area contributed by atoms with E-state index in [-0.39, 0.29) is 19.9 Å². The molecule has 0 atom stereocenters. The van der Waals surface area contributed by atoms with Crippen molar-refractivity contribution in [1.29, 1.82) is 0 Å². The normalized spacial score (nSPS) is 12.7. The van der Waals surface area contributed by atoms with E-state index in [2.05, 4.69) is 0 Å². The van der Waals surface area contributed by atoms with Crippen molar-refractivity contribution in [2.24, 2.45) is 5.73 Å². The third-order valence-corrected chi connectivity index (χ3v) is 2.58. The Kier molecular flexibility index (Phi) is 3.86. The van der Waals surface area contributed by atoms with Gasteiger partial charge in [-0.3, -0.25) is 14.5 Å². The number of rotatable bonds is 6. The van der Waals surface area contributed by atoms with E-state index in [0.29, 0.717) is 18.0 Å².